The fraction of sp³-hybridized carbons (Fsp3) is 0.294. The van der Waals surface area contributed by atoms with E-state index in [1.165, 1.54) is 16.9 Å². The van der Waals surface area contributed by atoms with Gasteiger partial charge in [0.2, 0.25) is 0 Å². The van der Waals surface area contributed by atoms with E-state index in [4.69, 9.17) is 4.98 Å². The minimum absolute atomic E-state index is 0.165. The van der Waals surface area contributed by atoms with E-state index in [2.05, 4.69) is 27.1 Å². The molecule has 0 unspecified atom stereocenters. The fourth-order valence-corrected chi connectivity index (χ4v) is 5.01. The molecule has 0 spiro atoms. The second-order valence-corrected chi connectivity index (χ2v) is 8.29. The van der Waals surface area contributed by atoms with Gasteiger partial charge in [-0.05, 0) is 22.9 Å². The second kappa shape index (κ2) is 7.14. The fourth-order valence-electron chi connectivity index (χ4n) is 2.79. The minimum atomic E-state index is 0.165. The van der Waals surface area contributed by atoms with E-state index in [-0.39, 0.29) is 5.91 Å². The first-order chi connectivity index (χ1) is 11.8. The van der Waals surface area contributed by atoms with Crippen LogP contribution in [0.25, 0.3) is 10.6 Å². The van der Waals surface area contributed by atoms with Crippen LogP contribution in [0.5, 0.6) is 0 Å². The summed E-state index contributed by atoms with van der Waals surface area (Å²) in [7, 11) is 0. The molecule has 1 aliphatic rings. The molecule has 0 atom stereocenters. The van der Waals surface area contributed by atoms with Crippen LogP contribution < -0.4 is 0 Å². The number of amides is 1. The highest BCUT2D eigenvalue weighted by atomic mass is 32.1. The highest BCUT2D eigenvalue weighted by Gasteiger charge is 2.23. The van der Waals surface area contributed by atoms with Gasteiger partial charge in [-0.25, -0.2) is 4.98 Å². The highest BCUT2D eigenvalue weighted by molar-refractivity contribution is 7.14. The first kappa shape index (κ1) is 16.0. The number of nitrogens with zero attached hydrogens (tertiary/aromatic N) is 3. The summed E-state index contributed by atoms with van der Waals surface area (Å²) in [5, 5.41) is 9.42. The van der Waals surface area contributed by atoms with Crippen LogP contribution in [0, 0.1) is 0 Å². The van der Waals surface area contributed by atoms with Gasteiger partial charge < -0.3 is 4.90 Å². The van der Waals surface area contributed by atoms with Crippen LogP contribution in [0.3, 0.4) is 0 Å². The lowest BCUT2D eigenvalue weighted by atomic mass is 10.2. The molecule has 4 heterocycles. The monoisotopic (exact) mass is 375 g/mol. The van der Waals surface area contributed by atoms with Gasteiger partial charge in [0, 0.05) is 49.0 Å². The Bertz CT molecular complexity index is 787. The van der Waals surface area contributed by atoms with Crippen LogP contribution in [0.4, 0.5) is 0 Å². The van der Waals surface area contributed by atoms with Gasteiger partial charge in [-0.1, -0.05) is 6.07 Å². The van der Waals surface area contributed by atoms with Crippen LogP contribution in [0.2, 0.25) is 0 Å². The van der Waals surface area contributed by atoms with E-state index in [0.717, 1.165) is 48.3 Å². The lowest BCUT2D eigenvalue weighted by Gasteiger charge is -2.34. The molecule has 4 nitrogen and oxygen atoms in total. The molecule has 3 aromatic heterocycles. The molecule has 0 aliphatic carbocycles. The van der Waals surface area contributed by atoms with E-state index in [0.29, 0.717) is 0 Å². The van der Waals surface area contributed by atoms with Crippen molar-refractivity contribution in [1.29, 1.82) is 0 Å². The predicted octanol–water partition coefficient (Wildman–Crippen LogP) is 3.89. The molecule has 0 N–H and O–H groups in total. The maximum absolute atomic E-state index is 12.4. The maximum atomic E-state index is 12.4. The first-order valence-electron chi connectivity index (χ1n) is 7.82. The van der Waals surface area contributed by atoms with Crippen LogP contribution in [0.1, 0.15) is 15.4 Å². The van der Waals surface area contributed by atoms with Gasteiger partial charge in [0.05, 0.1) is 10.6 Å². The number of thiazole rings is 1. The average Bonchev–Trinajstić information content (AvgIpc) is 3.36. The van der Waals surface area contributed by atoms with Crippen molar-refractivity contribution in [3.8, 4) is 10.6 Å². The van der Waals surface area contributed by atoms with E-state index in [9.17, 15) is 4.79 Å². The van der Waals surface area contributed by atoms with E-state index < -0.39 is 0 Å². The molecular formula is C17H17N3OS3. The van der Waals surface area contributed by atoms with Crippen LogP contribution >= 0.6 is 34.0 Å². The Kier molecular flexibility index (Phi) is 4.75. The summed E-state index contributed by atoms with van der Waals surface area (Å²) in [5.41, 5.74) is 2.34. The third kappa shape index (κ3) is 3.44. The van der Waals surface area contributed by atoms with Crippen molar-refractivity contribution in [2.45, 2.75) is 6.54 Å². The second-order valence-electron chi connectivity index (χ2n) is 5.70. The number of aromatic nitrogens is 1. The molecule has 0 bridgehead atoms. The SMILES string of the molecule is O=C(c1cccs1)N1CCN(Cc2csc(-c3ccsc3)n2)CC1. The normalized spacial score (nSPS) is 15.8. The zero-order chi connectivity index (χ0) is 16.4. The largest absolute Gasteiger partial charge is 0.335 e. The van der Waals surface area contributed by atoms with Crippen molar-refractivity contribution >= 4 is 39.9 Å². The van der Waals surface area contributed by atoms with Crippen molar-refractivity contribution in [2.75, 3.05) is 26.2 Å². The molecule has 0 saturated carbocycles. The number of rotatable bonds is 4. The van der Waals surface area contributed by atoms with Crippen molar-refractivity contribution in [3.63, 3.8) is 0 Å². The standard InChI is InChI=1S/C17H17N3OS3/c21-17(15-2-1-8-23-15)20-6-4-19(5-7-20)10-14-12-24-16(18-14)13-3-9-22-11-13/h1-3,8-9,11-12H,4-7,10H2. The summed E-state index contributed by atoms with van der Waals surface area (Å²) in [6.07, 6.45) is 0. The van der Waals surface area contributed by atoms with Crippen LogP contribution in [-0.4, -0.2) is 46.9 Å². The van der Waals surface area contributed by atoms with Gasteiger partial charge in [0.1, 0.15) is 5.01 Å². The van der Waals surface area contributed by atoms with E-state index in [1.54, 1.807) is 22.7 Å². The molecule has 1 amide bonds. The van der Waals surface area contributed by atoms with Crippen molar-refractivity contribution in [1.82, 2.24) is 14.8 Å². The van der Waals surface area contributed by atoms with Crippen LogP contribution in [0.15, 0.2) is 39.7 Å². The van der Waals surface area contributed by atoms with Crippen molar-refractivity contribution in [2.24, 2.45) is 0 Å². The Morgan fingerprint density at radius 3 is 2.67 bits per heavy atom. The summed E-state index contributed by atoms with van der Waals surface area (Å²) in [6.45, 7) is 4.25. The molecule has 1 fully saturated rings. The Morgan fingerprint density at radius 1 is 1.08 bits per heavy atom. The van der Waals surface area contributed by atoms with E-state index >= 15 is 0 Å². The number of carbonyl (C=O) groups excluding carboxylic acids is 1. The van der Waals surface area contributed by atoms with Gasteiger partial charge in [-0.2, -0.15) is 11.3 Å². The molecule has 0 radical (unpaired) electrons. The number of thiophene rings is 2. The lowest BCUT2D eigenvalue weighted by Crippen LogP contribution is -2.48. The van der Waals surface area contributed by atoms with Gasteiger partial charge in [0.25, 0.3) is 5.91 Å². The van der Waals surface area contributed by atoms with E-state index in [1.807, 2.05) is 22.4 Å². The molecule has 0 aromatic carbocycles. The minimum Gasteiger partial charge on any atom is -0.335 e. The Morgan fingerprint density at radius 2 is 1.96 bits per heavy atom. The first-order valence-corrected chi connectivity index (χ1v) is 10.5. The maximum Gasteiger partial charge on any atom is 0.264 e. The average molecular weight is 376 g/mol. The number of carbonyl (C=O) groups is 1. The summed E-state index contributed by atoms with van der Waals surface area (Å²) in [5.74, 6) is 0.165. The topological polar surface area (TPSA) is 36.4 Å². The van der Waals surface area contributed by atoms with Gasteiger partial charge in [-0.15, -0.1) is 22.7 Å². The third-order valence-corrected chi connectivity index (χ3v) is 6.58. The predicted molar refractivity (Wildman–Crippen MR) is 101 cm³/mol. The summed E-state index contributed by atoms with van der Waals surface area (Å²) < 4.78 is 0. The summed E-state index contributed by atoms with van der Waals surface area (Å²) in [4.78, 5) is 22.3. The zero-order valence-electron chi connectivity index (χ0n) is 13.1. The van der Waals surface area contributed by atoms with Crippen LogP contribution in [-0.2, 0) is 6.54 Å². The molecule has 1 aliphatic heterocycles. The molecule has 7 heteroatoms. The highest BCUT2D eigenvalue weighted by Crippen LogP contribution is 2.26. The molecule has 124 valence electrons. The molecular weight excluding hydrogens is 358 g/mol. The number of hydrogen-bond donors (Lipinski definition) is 0. The quantitative estimate of drug-likeness (QED) is 0.694. The lowest BCUT2D eigenvalue weighted by molar-refractivity contribution is 0.0632. The van der Waals surface area contributed by atoms with Gasteiger partial charge in [-0.3, -0.25) is 9.69 Å². The molecule has 24 heavy (non-hydrogen) atoms. The third-order valence-electron chi connectivity index (χ3n) is 4.10. The van der Waals surface area contributed by atoms with Gasteiger partial charge in [0.15, 0.2) is 0 Å². The Hall–Kier alpha value is -1.54. The Balaban J connectivity index is 1.33. The molecule has 3 aromatic rings. The summed E-state index contributed by atoms with van der Waals surface area (Å²) in [6, 6.07) is 5.95. The summed E-state index contributed by atoms with van der Waals surface area (Å²) >= 11 is 4.92. The zero-order valence-corrected chi connectivity index (χ0v) is 15.5. The number of hydrogen-bond acceptors (Lipinski definition) is 6. The molecule has 4 rings (SSSR count). The Labute approximate surface area is 153 Å². The number of piperazine rings is 1. The van der Waals surface area contributed by atoms with Crippen molar-refractivity contribution < 1.29 is 4.79 Å². The molecule has 1 saturated heterocycles. The van der Waals surface area contributed by atoms with Crippen molar-refractivity contribution in [3.05, 3.63) is 50.3 Å². The smallest absolute Gasteiger partial charge is 0.264 e. The van der Waals surface area contributed by atoms with Gasteiger partial charge >= 0.3 is 0 Å².